The summed E-state index contributed by atoms with van der Waals surface area (Å²) in [6.07, 6.45) is 0. The maximum absolute atomic E-state index is 5.97. The highest BCUT2D eigenvalue weighted by molar-refractivity contribution is 9.10. The summed E-state index contributed by atoms with van der Waals surface area (Å²) in [5, 5.41) is 3.52. The molecule has 3 heteroatoms. The quantitative estimate of drug-likeness (QED) is 0.865. The van der Waals surface area contributed by atoms with E-state index >= 15 is 0 Å². The molecule has 2 rings (SSSR count). The third kappa shape index (κ3) is 3.41. The molecule has 0 amide bonds. The van der Waals surface area contributed by atoms with Crippen LogP contribution in [0.15, 0.2) is 40.9 Å². The topological polar surface area (TPSA) is 38.0 Å². The Morgan fingerprint density at radius 2 is 1.75 bits per heavy atom. The minimum atomic E-state index is 0.128. The Labute approximate surface area is 129 Å². The van der Waals surface area contributed by atoms with Crippen LogP contribution in [0.4, 0.5) is 5.69 Å². The summed E-state index contributed by atoms with van der Waals surface area (Å²) in [5.41, 5.74) is 12.2. The van der Waals surface area contributed by atoms with Gasteiger partial charge >= 0.3 is 0 Å². The van der Waals surface area contributed by atoms with Crippen molar-refractivity contribution in [2.75, 3.05) is 11.9 Å². The molecule has 20 heavy (non-hydrogen) atoms. The van der Waals surface area contributed by atoms with E-state index in [-0.39, 0.29) is 6.04 Å². The molecule has 0 saturated heterocycles. The van der Waals surface area contributed by atoms with Crippen molar-refractivity contribution in [3.05, 3.63) is 63.1 Å². The van der Waals surface area contributed by atoms with Crippen molar-refractivity contribution in [3.63, 3.8) is 0 Å². The summed E-state index contributed by atoms with van der Waals surface area (Å²) in [6.45, 7) is 7.00. The summed E-state index contributed by atoms with van der Waals surface area (Å²) in [4.78, 5) is 0. The fourth-order valence-electron chi connectivity index (χ4n) is 2.40. The summed E-state index contributed by atoms with van der Waals surface area (Å²) in [7, 11) is 0. The molecule has 0 spiro atoms. The van der Waals surface area contributed by atoms with Crippen LogP contribution in [0.3, 0.4) is 0 Å². The lowest BCUT2D eigenvalue weighted by atomic mass is 9.95. The van der Waals surface area contributed by atoms with Gasteiger partial charge in [-0.3, -0.25) is 0 Å². The van der Waals surface area contributed by atoms with Gasteiger partial charge in [0.1, 0.15) is 0 Å². The van der Waals surface area contributed by atoms with Crippen molar-refractivity contribution in [1.82, 2.24) is 0 Å². The second-order valence-corrected chi connectivity index (χ2v) is 6.15. The van der Waals surface area contributed by atoms with Crippen LogP contribution in [-0.4, -0.2) is 6.54 Å². The van der Waals surface area contributed by atoms with E-state index in [4.69, 9.17) is 5.73 Å². The lowest BCUT2D eigenvalue weighted by Gasteiger charge is -2.22. The van der Waals surface area contributed by atoms with Crippen LogP contribution in [0.5, 0.6) is 0 Å². The lowest BCUT2D eigenvalue weighted by molar-refractivity contribution is 0.782. The number of hydrogen-bond donors (Lipinski definition) is 2. The number of benzene rings is 2. The smallest absolute Gasteiger partial charge is 0.0638 e. The van der Waals surface area contributed by atoms with Crippen LogP contribution in [0.25, 0.3) is 0 Å². The van der Waals surface area contributed by atoms with Gasteiger partial charge in [0.2, 0.25) is 0 Å². The number of aryl methyl sites for hydroxylation is 3. The Morgan fingerprint density at radius 3 is 2.40 bits per heavy atom. The molecule has 0 aliphatic rings. The average Bonchev–Trinajstić information content (AvgIpc) is 2.40. The highest BCUT2D eigenvalue weighted by Crippen LogP contribution is 2.26. The van der Waals surface area contributed by atoms with E-state index in [2.05, 4.69) is 66.3 Å². The average molecular weight is 333 g/mol. The molecule has 2 nitrogen and oxygen atoms in total. The molecule has 0 saturated carbocycles. The maximum atomic E-state index is 5.97. The molecule has 3 N–H and O–H groups in total. The first-order chi connectivity index (χ1) is 9.51. The van der Waals surface area contributed by atoms with Crippen molar-refractivity contribution >= 4 is 21.6 Å². The number of nitrogens with one attached hydrogen (secondary N) is 1. The molecular weight excluding hydrogens is 312 g/mol. The van der Waals surface area contributed by atoms with Gasteiger partial charge in [-0.15, -0.1) is 0 Å². The fraction of sp³-hybridized carbons (Fsp3) is 0.294. The third-order valence-electron chi connectivity index (χ3n) is 3.66. The molecule has 0 fully saturated rings. The zero-order chi connectivity index (χ0) is 14.7. The zero-order valence-corrected chi connectivity index (χ0v) is 13.8. The van der Waals surface area contributed by atoms with E-state index in [1.807, 2.05) is 12.1 Å². The van der Waals surface area contributed by atoms with E-state index in [1.165, 1.54) is 22.3 Å². The number of hydrogen-bond acceptors (Lipinski definition) is 2. The van der Waals surface area contributed by atoms with Gasteiger partial charge in [-0.2, -0.15) is 0 Å². The number of anilines is 1. The maximum Gasteiger partial charge on any atom is 0.0638 e. The van der Waals surface area contributed by atoms with Crippen LogP contribution in [0, 0.1) is 20.8 Å². The van der Waals surface area contributed by atoms with Gasteiger partial charge in [0.25, 0.3) is 0 Å². The van der Waals surface area contributed by atoms with Gasteiger partial charge in [-0.05, 0) is 61.2 Å². The minimum absolute atomic E-state index is 0.128. The highest BCUT2D eigenvalue weighted by atomic mass is 79.9. The molecule has 1 atom stereocenters. The van der Waals surface area contributed by atoms with Gasteiger partial charge in [0, 0.05) is 16.7 Å². The Kier molecular flexibility index (Phi) is 4.84. The van der Waals surface area contributed by atoms with Crippen LogP contribution in [-0.2, 0) is 0 Å². The first-order valence-electron chi connectivity index (χ1n) is 6.81. The van der Waals surface area contributed by atoms with E-state index in [9.17, 15) is 0 Å². The molecule has 0 heterocycles. The number of halogens is 1. The van der Waals surface area contributed by atoms with Crippen molar-refractivity contribution in [3.8, 4) is 0 Å². The van der Waals surface area contributed by atoms with Gasteiger partial charge in [-0.25, -0.2) is 0 Å². The Hall–Kier alpha value is -1.32. The van der Waals surface area contributed by atoms with E-state index < -0.39 is 0 Å². The van der Waals surface area contributed by atoms with Crippen molar-refractivity contribution in [1.29, 1.82) is 0 Å². The number of rotatable bonds is 4. The minimum Gasteiger partial charge on any atom is -0.377 e. The molecule has 1 unspecified atom stereocenters. The van der Waals surface area contributed by atoms with Crippen LogP contribution >= 0.6 is 15.9 Å². The standard InChI is InChI=1S/C17H21BrN2/c1-11-7-13(3)16(8-12(11)2)17(10-19)20-15-6-4-5-14(18)9-15/h4-9,17,20H,10,19H2,1-3H3. The molecule has 0 aromatic heterocycles. The molecule has 0 aliphatic heterocycles. The predicted octanol–water partition coefficient (Wildman–Crippen LogP) is 4.49. The van der Waals surface area contributed by atoms with E-state index in [0.717, 1.165) is 10.2 Å². The summed E-state index contributed by atoms with van der Waals surface area (Å²) in [5.74, 6) is 0. The molecule has 0 bridgehead atoms. The third-order valence-corrected chi connectivity index (χ3v) is 4.15. The van der Waals surface area contributed by atoms with Crippen molar-refractivity contribution < 1.29 is 0 Å². The lowest BCUT2D eigenvalue weighted by Crippen LogP contribution is -2.21. The number of nitrogens with two attached hydrogens (primary N) is 1. The summed E-state index contributed by atoms with van der Waals surface area (Å²) in [6, 6.07) is 12.8. The van der Waals surface area contributed by atoms with E-state index in [0.29, 0.717) is 6.54 Å². The molecule has 0 aliphatic carbocycles. The van der Waals surface area contributed by atoms with Crippen molar-refractivity contribution in [2.45, 2.75) is 26.8 Å². The zero-order valence-electron chi connectivity index (χ0n) is 12.2. The van der Waals surface area contributed by atoms with E-state index in [1.54, 1.807) is 0 Å². The van der Waals surface area contributed by atoms with Gasteiger partial charge < -0.3 is 11.1 Å². The SMILES string of the molecule is Cc1cc(C)c(C(CN)Nc2cccc(Br)c2)cc1C. The highest BCUT2D eigenvalue weighted by Gasteiger charge is 2.13. The van der Waals surface area contributed by atoms with Crippen molar-refractivity contribution in [2.24, 2.45) is 5.73 Å². The second kappa shape index (κ2) is 6.42. The van der Waals surface area contributed by atoms with Gasteiger partial charge in [0.05, 0.1) is 6.04 Å². The first-order valence-corrected chi connectivity index (χ1v) is 7.60. The molecule has 2 aromatic rings. The van der Waals surface area contributed by atoms with Gasteiger partial charge in [0.15, 0.2) is 0 Å². The largest absolute Gasteiger partial charge is 0.377 e. The molecule has 2 aromatic carbocycles. The normalized spacial score (nSPS) is 12.2. The Morgan fingerprint density at radius 1 is 1.05 bits per heavy atom. The monoisotopic (exact) mass is 332 g/mol. The first kappa shape index (κ1) is 15.1. The molecule has 0 radical (unpaired) electrons. The Bertz CT molecular complexity index is 608. The van der Waals surface area contributed by atoms with Crippen LogP contribution < -0.4 is 11.1 Å². The van der Waals surface area contributed by atoms with Crippen LogP contribution in [0.2, 0.25) is 0 Å². The van der Waals surface area contributed by atoms with Crippen LogP contribution in [0.1, 0.15) is 28.3 Å². The Balaban J connectivity index is 2.31. The fourth-order valence-corrected chi connectivity index (χ4v) is 2.80. The molecular formula is C17H21BrN2. The molecule has 106 valence electrons. The predicted molar refractivity (Wildman–Crippen MR) is 90.2 cm³/mol. The summed E-state index contributed by atoms with van der Waals surface area (Å²) < 4.78 is 1.06. The van der Waals surface area contributed by atoms with Gasteiger partial charge in [-0.1, -0.05) is 34.1 Å². The summed E-state index contributed by atoms with van der Waals surface area (Å²) >= 11 is 3.49. The second-order valence-electron chi connectivity index (χ2n) is 5.24.